The van der Waals surface area contributed by atoms with Crippen molar-refractivity contribution in [3.8, 4) is 0 Å². The van der Waals surface area contributed by atoms with Crippen LogP contribution in [-0.4, -0.2) is 24.4 Å². The van der Waals surface area contributed by atoms with Gasteiger partial charge in [-0.1, -0.05) is 0 Å². The van der Waals surface area contributed by atoms with Crippen molar-refractivity contribution in [3.05, 3.63) is 6.42 Å². The van der Waals surface area contributed by atoms with Crippen molar-refractivity contribution >= 4 is 6.72 Å². The molecule has 0 radical (unpaired) electrons. The van der Waals surface area contributed by atoms with E-state index in [9.17, 15) is 0 Å². The minimum Gasteiger partial charge on any atom is -0.273 e. The van der Waals surface area contributed by atoms with Crippen molar-refractivity contribution < 1.29 is 4.58 Å². The topological polar surface area (TPSA) is 3.01 Å². The van der Waals surface area contributed by atoms with Crippen molar-refractivity contribution in [1.82, 2.24) is 0 Å². The highest BCUT2D eigenvalue weighted by molar-refractivity contribution is 5.15. The first-order chi connectivity index (χ1) is 2.89. The molecule has 0 saturated carbocycles. The summed E-state index contributed by atoms with van der Waals surface area (Å²) in [7, 11) is 0. The lowest BCUT2D eigenvalue weighted by Gasteiger charge is -1.84. The molecule has 0 unspecified atom stereocenters. The molecule has 1 saturated heterocycles. The van der Waals surface area contributed by atoms with Crippen molar-refractivity contribution in [1.29, 1.82) is 0 Å². The summed E-state index contributed by atoms with van der Waals surface area (Å²) in [5.74, 6) is 0. The highest BCUT2D eigenvalue weighted by atomic mass is 15.0. The van der Waals surface area contributed by atoms with Gasteiger partial charge in [0.05, 0.1) is 0 Å². The van der Waals surface area contributed by atoms with Gasteiger partial charge in [-0.05, 0) is 0 Å². The summed E-state index contributed by atoms with van der Waals surface area (Å²) in [6.07, 6.45) is 3.47. The summed E-state index contributed by atoms with van der Waals surface area (Å²) in [5, 5.41) is 0. The molecule has 0 N–H and O–H groups in total. The number of rotatable bonds is 0. The van der Waals surface area contributed by atoms with Crippen LogP contribution in [0, 0.1) is 6.42 Å². The van der Waals surface area contributed by atoms with E-state index in [2.05, 4.69) is 17.7 Å². The molecule has 0 aromatic carbocycles. The van der Waals surface area contributed by atoms with Gasteiger partial charge in [0.1, 0.15) is 13.3 Å². The van der Waals surface area contributed by atoms with E-state index < -0.39 is 0 Å². The molecule has 6 heavy (non-hydrogen) atoms. The molecule has 1 nitrogen and oxygen atoms in total. The molecule has 0 spiro atoms. The average molecular weight is 83.1 g/mol. The second-order valence-corrected chi connectivity index (χ2v) is 1.65. The molecule has 1 fully saturated rings. The average Bonchev–Trinajstić information content (AvgIpc) is 1.86. The zero-order valence-corrected chi connectivity index (χ0v) is 3.85. The molecule has 0 aromatic rings. The second-order valence-electron chi connectivity index (χ2n) is 1.65. The monoisotopic (exact) mass is 83.1 g/mol. The summed E-state index contributed by atoms with van der Waals surface area (Å²) < 4.78 is 2.06. The van der Waals surface area contributed by atoms with Gasteiger partial charge in [0, 0.05) is 6.54 Å². The molecular formula is C5H9N. The van der Waals surface area contributed by atoms with Gasteiger partial charge in [-0.15, -0.1) is 6.42 Å². The van der Waals surface area contributed by atoms with Gasteiger partial charge in [0.2, 0.25) is 0 Å². The van der Waals surface area contributed by atoms with Crippen LogP contribution in [0.1, 0.15) is 6.42 Å². The van der Waals surface area contributed by atoms with E-state index >= 15 is 0 Å². The fraction of sp³-hybridized carbons (Fsp3) is 0.600. The third-order valence-electron chi connectivity index (χ3n) is 1.04. The maximum atomic E-state index is 3.74. The van der Waals surface area contributed by atoms with Gasteiger partial charge >= 0.3 is 0 Å². The second kappa shape index (κ2) is 1.41. The third kappa shape index (κ3) is 0.588. The maximum absolute atomic E-state index is 3.74. The van der Waals surface area contributed by atoms with E-state index in [0.717, 1.165) is 13.1 Å². The summed E-state index contributed by atoms with van der Waals surface area (Å²) in [6, 6.07) is 0. The fourth-order valence-corrected chi connectivity index (χ4v) is 0.639. The fourth-order valence-electron chi connectivity index (χ4n) is 0.639. The molecule has 1 heteroatoms. The number of hydrogen-bond donors (Lipinski definition) is 0. The minimum absolute atomic E-state index is 1.08. The van der Waals surface area contributed by atoms with Gasteiger partial charge in [-0.2, -0.15) is 0 Å². The first kappa shape index (κ1) is 3.85. The Bertz CT molecular complexity index is 58.3. The Morgan fingerprint density at radius 1 is 1.67 bits per heavy atom. The largest absolute Gasteiger partial charge is 0.273 e. The molecular weight excluding hydrogens is 74.1 g/mol. The van der Waals surface area contributed by atoms with E-state index in [-0.39, 0.29) is 0 Å². The summed E-state index contributed by atoms with van der Waals surface area (Å²) in [6.45, 7) is 5.98. The summed E-state index contributed by atoms with van der Waals surface area (Å²) >= 11 is 0. The Morgan fingerprint density at radius 3 is 2.67 bits per heavy atom. The Hall–Kier alpha value is -0.330. The van der Waals surface area contributed by atoms with Crippen molar-refractivity contribution in [2.45, 2.75) is 6.42 Å². The lowest BCUT2D eigenvalue weighted by molar-refractivity contribution is -0.494. The Kier molecular flexibility index (Phi) is 0.906. The van der Waals surface area contributed by atoms with E-state index in [1.807, 2.05) is 0 Å². The first-order valence-electron chi connectivity index (χ1n) is 2.27. The van der Waals surface area contributed by atoms with Gasteiger partial charge in [-0.3, -0.25) is 11.0 Å². The van der Waals surface area contributed by atoms with Crippen molar-refractivity contribution in [2.24, 2.45) is 0 Å². The molecule has 1 aliphatic rings. The molecule has 1 rings (SSSR count). The standard InChI is InChI=1S/C5H9N/c1-6-4-2-3-5-6/h2H,1,3-5H2. The Morgan fingerprint density at radius 2 is 2.50 bits per heavy atom. The van der Waals surface area contributed by atoms with Gasteiger partial charge in [-0.25, -0.2) is 0 Å². The molecule has 0 atom stereocenters. The highest BCUT2D eigenvalue weighted by Crippen LogP contribution is 1.96. The van der Waals surface area contributed by atoms with Gasteiger partial charge < -0.3 is 0 Å². The lowest BCUT2D eigenvalue weighted by Crippen LogP contribution is -1.99. The first-order valence-corrected chi connectivity index (χ1v) is 2.27. The quantitative estimate of drug-likeness (QED) is 0.293. The van der Waals surface area contributed by atoms with Crippen LogP contribution < -0.4 is 0 Å². The van der Waals surface area contributed by atoms with Crippen LogP contribution in [0.3, 0.4) is 0 Å². The van der Waals surface area contributed by atoms with E-state index in [1.54, 1.807) is 0 Å². The van der Waals surface area contributed by atoms with Crippen molar-refractivity contribution in [3.63, 3.8) is 0 Å². The number of hydrogen-bond acceptors (Lipinski definition) is 0. The van der Waals surface area contributed by atoms with Crippen molar-refractivity contribution in [2.75, 3.05) is 13.1 Å². The summed E-state index contributed by atoms with van der Waals surface area (Å²) in [5.41, 5.74) is 0. The molecule has 0 amide bonds. The molecule has 0 aliphatic carbocycles. The van der Waals surface area contributed by atoms with Crippen LogP contribution in [0.15, 0.2) is 0 Å². The summed E-state index contributed by atoms with van der Waals surface area (Å²) in [4.78, 5) is 0. The van der Waals surface area contributed by atoms with E-state index in [0.29, 0.717) is 0 Å². The Labute approximate surface area is 38.3 Å². The molecule has 34 valence electrons. The normalized spacial score (nSPS) is 22.3. The van der Waals surface area contributed by atoms with Crippen LogP contribution >= 0.6 is 0 Å². The lowest BCUT2D eigenvalue weighted by atomic mass is 10.4. The van der Waals surface area contributed by atoms with Crippen LogP contribution in [0.5, 0.6) is 0 Å². The van der Waals surface area contributed by atoms with Crippen LogP contribution in [0.25, 0.3) is 0 Å². The predicted molar refractivity (Wildman–Crippen MR) is 26.0 cm³/mol. The number of nitrogens with zero attached hydrogens (tertiary/aromatic N) is 1. The molecule has 0 aromatic heterocycles. The minimum atomic E-state index is 1.08. The zero-order chi connectivity index (χ0) is 4.41. The van der Waals surface area contributed by atoms with Crippen LogP contribution in [-0.2, 0) is 0 Å². The zero-order valence-electron chi connectivity index (χ0n) is 3.85. The Balaban J connectivity index is 2.37. The van der Waals surface area contributed by atoms with Crippen LogP contribution in [0.2, 0.25) is 0 Å². The van der Waals surface area contributed by atoms with Gasteiger partial charge in [0.25, 0.3) is 0 Å². The molecule has 1 aliphatic heterocycles. The van der Waals surface area contributed by atoms with E-state index in [4.69, 9.17) is 0 Å². The molecule has 1 heterocycles. The van der Waals surface area contributed by atoms with E-state index in [1.165, 1.54) is 6.42 Å². The molecule has 0 bridgehead atoms. The highest BCUT2D eigenvalue weighted by Gasteiger charge is 1.96. The van der Waals surface area contributed by atoms with Crippen LogP contribution in [0.4, 0.5) is 0 Å². The smallest absolute Gasteiger partial charge is 0.124 e. The third-order valence-corrected chi connectivity index (χ3v) is 1.04. The SMILES string of the molecule is C=[N+]1C[CH-]CC1. The van der Waals surface area contributed by atoms with Gasteiger partial charge in [0.15, 0.2) is 0 Å². The maximum Gasteiger partial charge on any atom is 0.124 e. The predicted octanol–water partition coefficient (Wildman–Crippen LogP) is 0.307.